The molecule has 32 heavy (non-hydrogen) atoms. The van der Waals surface area contributed by atoms with Gasteiger partial charge in [-0.1, -0.05) is 84.4 Å². The Kier molecular flexibility index (Phi) is 5.70. The molecule has 4 nitrogen and oxygen atoms in total. The maximum Gasteiger partial charge on any atom is 0.410 e. The van der Waals surface area contributed by atoms with E-state index in [-0.39, 0.29) is 12.7 Å². The minimum atomic E-state index is -0.279. The standard InChI is InChI=1S/C27H23ClN2O2/c28-22-11-12-23-24(17-22)29-26(21-9-5-2-6-10-21)25(23)20-13-15-30(16-14-20)27(31)32-18-19-7-3-1-4-8-19/h1-13,17,29H,14-16,18H2. The van der Waals surface area contributed by atoms with E-state index in [1.165, 1.54) is 11.1 Å². The second-order valence-electron chi connectivity index (χ2n) is 7.90. The molecule has 5 rings (SSSR count). The number of carbonyl (C=O) groups excluding carboxylic acids is 1. The van der Waals surface area contributed by atoms with E-state index >= 15 is 0 Å². The molecule has 0 fully saturated rings. The maximum atomic E-state index is 12.6. The van der Waals surface area contributed by atoms with Gasteiger partial charge in [0, 0.05) is 34.6 Å². The van der Waals surface area contributed by atoms with Crippen molar-refractivity contribution >= 4 is 34.2 Å². The van der Waals surface area contributed by atoms with Gasteiger partial charge in [-0.2, -0.15) is 0 Å². The molecule has 2 heterocycles. The number of aromatic amines is 1. The third kappa shape index (κ3) is 4.14. The number of nitrogens with zero attached hydrogens (tertiary/aromatic N) is 1. The molecule has 0 saturated heterocycles. The van der Waals surface area contributed by atoms with Crippen LogP contribution in [0.2, 0.25) is 5.02 Å². The van der Waals surface area contributed by atoms with Crippen LogP contribution in [0.3, 0.4) is 0 Å². The monoisotopic (exact) mass is 442 g/mol. The molecule has 0 bridgehead atoms. The van der Waals surface area contributed by atoms with Gasteiger partial charge >= 0.3 is 6.09 Å². The lowest BCUT2D eigenvalue weighted by Gasteiger charge is -2.26. The molecule has 0 saturated carbocycles. The van der Waals surface area contributed by atoms with Gasteiger partial charge < -0.3 is 14.6 Å². The van der Waals surface area contributed by atoms with Gasteiger partial charge in [-0.15, -0.1) is 0 Å². The number of benzene rings is 3. The normalized spacial score (nSPS) is 13.8. The number of rotatable bonds is 4. The van der Waals surface area contributed by atoms with E-state index in [0.29, 0.717) is 18.1 Å². The lowest BCUT2D eigenvalue weighted by atomic mass is 9.94. The minimum absolute atomic E-state index is 0.279. The Morgan fingerprint density at radius 3 is 2.47 bits per heavy atom. The zero-order valence-electron chi connectivity index (χ0n) is 17.6. The molecule has 0 radical (unpaired) electrons. The Balaban J connectivity index is 1.40. The van der Waals surface area contributed by atoms with Gasteiger partial charge in [-0.05, 0) is 35.3 Å². The molecule has 1 N–H and O–H groups in total. The number of hydrogen-bond acceptors (Lipinski definition) is 2. The molecule has 1 amide bonds. The average molecular weight is 443 g/mol. The third-order valence-electron chi connectivity index (χ3n) is 5.82. The van der Waals surface area contributed by atoms with Crippen LogP contribution >= 0.6 is 11.6 Å². The van der Waals surface area contributed by atoms with E-state index in [1.807, 2.05) is 60.7 Å². The van der Waals surface area contributed by atoms with Gasteiger partial charge in [0.25, 0.3) is 0 Å². The quantitative estimate of drug-likeness (QED) is 0.373. The molecule has 5 heteroatoms. The smallest absolute Gasteiger partial charge is 0.410 e. The number of aromatic nitrogens is 1. The Hall–Kier alpha value is -3.50. The summed E-state index contributed by atoms with van der Waals surface area (Å²) in [7, 11) is 0. The van der Waals surface area contributed by atoms with Crippen LogP contribution in [-0.4, -0.2) is 29.1 Å². The van der Waals surface area contributed by atoms with Gasteiger partial charge in [-0.25, -0.2) is 4.79 Å². The van der Waals surface area contributed by atoms with Gasteiger partial charge in [0.15, 0.2) is 0 Å². The maximum absolute atomic E-state index is 12.6. The molecule has 4 aromatic rings. The fraction of sp³-hybridized carbons (Fsp3) is 0.148. The number of amides is 1. The largest absolute Gasteiger partial charge is 0.445 e. The summed E-state index contributed by atoms with van der Waals surface area (Å²) in [6.07, 6.45) is 2.62. The first-order valence-electron chi connectivity index (χ1n) is 10.7. The molecule has 3 aromatic carbocycles. The summed E-state index contributed by atoms with van der Waals surface area (Å²) in [5, 5.41) is 1.84. The summed E-state index contributed by atoms with van der Waals surface area (Å²) in [5.74, 6) is 0. The van der Waals surface area contributed by atoms with Crippen LogP contribution in [0.15, 0.2) is 84.9 Å². The Morgan fingerprint density at radius 1 is 1.00 bits per heavy atom. The molecule has 1 aliphatic heterocycles. The lowest BCUT2D eigenvalue weighted by molar-refractivity contribution is 0.0998. The molecule has 1 aromatic heterocycles. The van der Waals surface area contributed by atoms with E-state index in [9.17, 15) is 4.79 Å². The molecular weight excluding hydrogens is 420 g/mol. The van der Waals surface area contributed by atoms with Crippen molar-refractivity contribution in [1.82, 2.24) is 9.88 Å². The van der Waals surface area contributed by atoms with Crippen LogP contribution in [0.1, 0.15) is 17.5 Å². The van der Waals surface area contributed by atoms with Gasteiger partial charge in [-0.3, -0.25) is 0 Å². The van der Waals surface area contributed by atoms with Gasteiger partial charge in [0.05, 0.1) is 5.69 Å². The van der Waals surface area contributed by atoms with Crippen molar-refractivity contribution in [2.75, 3.05) is 13.1 Å². The minimum Gasteiger partial charge on any atom is -0.445 e. The number of hydrogen-bond donors (Lipinski definition) is 1. The van der Waals surface area contributed by atoms with E-state index in [4.69, 9.17) is 16.3 Å². The van der Waals surface area contributed by atoms with Crippen LogP contribution in [0, 0.1) is 0 Å². The number of halogens is 1. The van der Waals surface area contributed by atoms with Crippen molar-refractivity contribution in [2.24, 2.45) is 0 Å². The van der Waals surface area contributed by atoms with Crippen molar-refractivity contribution < 1.29 is 9.53 Å². The topological polar surface area (TPSA) is 45.3 Å². The second kappa shape index (κ2) is 8.93. The lowest BCUT2D eigenvalue weighted by Crippen LogP contribution is -2.35. The first-order valence-corrected chi connectivity index (χ1v) is 11.1. The highest BCUT2D eigenvalue weighted by atomic mass is 35.5. The molecule has 160 valence electrons. The summed E-state index contributed by atoms with van der Waals surface area (Å²) in [6.45, 7) is 1.43. The Morgan fingerprint density at radius 2 is 1.75 bits per heavy atom. The highest BCUT2D eigenvalue weighted by Crippen LogP contribution is 2.38. The molecule has 1 aliphatic rings. The fourth-order valence-electron chi connectivity index (χ4n) is 4.20. The first-order chi connectivity index (χ1) is 15.7. The summed E-state index contributed by atoms with van der Waals surface area (Å²) >= 11 is 6.25. The van der Waals surface area contributed by atoms with Crippen LogP contribution in [0.25, 0.3) is 27.7 Å². The average Bonchev–Trinajstić information content (AvgIpc) is 3.22. The molecule has 0 spiro atoms. The van der Waals surface area contributed by atoms with E-state index in [2.05, 4.69) is 29.3 Å². The summed E-state index contributed by atoms with van der Waals surface area (Å²) in [4.78, 5) is 17.9. The molecule has 0 atom stereocenters. The summed E-state index contributed by atoms with van der Waals surface area (Å²) < 4.78 is 5.51. The van der Waals surface area contributed by atoms with Crippen molar-refractivity contribution in [3.05, 3.63) is 101 Å². The van der Waals surface area contributed by atoms with Crippen LogP contribution in [-0.2, 0) is 11.3 Å². The Labute approximate surface area is 192 Å². The fourth-order valence-corrected chi connectivity index (χ4v) is 4.37. The number of nitrogens with one attached hydrogen (secondary N) is 1. The van der Waals surface area contributed by atoms with Crippen LogP contribution in [0.4, 0.5) is 4.79 Å². The highest BCUT2D eigenvalue weighted by Gasteiger charge is 2.23. The van der Waals surface area contributed by atoms with Crippen LogP contribution < -0.4 is 0 Å². The first kappa shape index (κ1) is 20.4. The zero-order chi connectivity index (χ0) is 21.9. The SMILES string of the molecule is O=C(OCc1ccccc1)N1CC=C(c2c(-c3ccccc3)[nH]c3cc(Cl)ccc23)CC1. The van der Waals surface area contributed by atoms with Crippen molar-refractivity contribution in [3.63, 3.8) is 0 Å². The summed E-state index contributed by atoms with van der Waals surface area (Å²) in [6, 6.07) is 26.0. The van der Waals surface area contributed by atoms with Crippen molar-refractivity contribution in [2.45, 2.75) is 13.0 Å². The van der Waals surface area contributed by atoms with Crippen molar-refractivity contribution in [1.29, 1.82) is 0 Å². The van der Waals surface area contributed by atoms with Gasteiger partial charge in [0.2, 0.25) is 0 Å². The third-order valence-corrected chi connectivity index (χ3v) is 6.05. The molecule has 0 aliphatic carbocycles. The van der Waals surface area contributed by atoms with E-state index in [1.54, 1.807) is 4.90 Å². The number of H-pyrrole nitrogens is 1. The number of ether oxygens (including phenoxy) is 1. The Bertz CT molecular complexity index is 1280. The predicted molar refractivity (Wildman–Crippen MR) is 130 cm³/mol. The number of carbonyl (C=O) groups is 1. The number of fused-ring (bicyclic) bond motifs is 1. The van der Waals surface area contributed by atoms with Crippen LogP contribution in [0.5, 0.6) is 0 Å². The predicted octanol–water partition coefficient (Wildman–Crippen LogP) is 6.91. The van der Waals surface area contributed by atoms with E-state index in [0.717, 1.165) is 34.1 Å². The summed E-state index contributed by atoms with van der Waals surface area (Å²) in [5.41, 5.74) is 6.61. The highest BCUT2D eigenvalue weighted by molar-refractivity contribution is 6.31. The van der Waals surface area contributed by atoms with Gasteiger partial charge in [0.1, 0.15) is 6.61 Å². The molecular formula is C27H23ClN2O2. The van der Waals surface area contributed by atoms with Crippen molar-refractivity contribution in [3.8, 4) is 11.3 Å². The second-order valence-corrected chi connectivity index (χ2v) is 8.33. The zero-order valence-corrected chi connectivity index (χ0v) is 18.3. The molecule has 0 unspecified atom stereocenters. The van der Waals surface area contributed by atoms with E-state index < -0.39 is 0 Å².